The fourth-order valence-corrected chi connectivity index (χ4v) is 4.58. The zero-order valence-corrected chi connectivity index (χ0v) is 15.0. The van der Waals surface area contributed by atoms with Gasteiger partial charge in [0.15, 0.2) is 0 Å². The molecule has 1 aliphatic rings. The third-order valence-corrected chi connectivity index (χ3v) is 5.98. The number of furan rings is 1. The monoisotopic (exact) mass is 396 g/mol. The van der Waals surface area contributed by atoms with Crippen LogP contribution in [0.1, 0.15) is 37.1 Å². The molecule has 7 heteroatoms. The second-order valence-corrected chi connectivity index (χ2v) is 8.25. The van der Waals surface area contributed by atoms with E-state index in [1.807, 2.05) is 31.2 Å². The number of hydrogen-bond acceptors (Lipinski definition) is 4. The summed E-state index contributed by atoms with van der Waals surface area (Å²) >= 11 is 3.44. The molecular formula is C16H17BrN2O3S. The Kier molecular flexibility index (Phi) is 4.59. The fraction of sp³-hybridized carbons (Fsp3) is 0.312. The van der Waals surface area contributed by atoms with Gasteiger partial charge in [0, 0.05) is 10.9 Å². The van der Waals surface area contributed by atoms with E-state index in [0.29, 0.717) is 24.3 Å². The molecule has 122 valence electrons. The molecule has 5 nitrogen and oxygen atoms in total. The first-order valence-electron chi connectivity index (χ1n) is 7.40. The minimum atomic E-state index is -3.46. The number of nitrogens with zero attached hydrogens (tertiary/aromatic N) is 2. The minimum Gasteiger partial charge on any atom is -0.463 e. The van der Waals surface area contributed by atoms with Gasteiger partial charge in [-0.2, -0.15) is 9.52 Å². The highest BCUT2D eigenvalue weighted by Crippen LogP contribution is 2.36. The van der Waals surface area contributed by atoms with Gasteiger partial charge in [0.2, 0.25) is 10.0 Å². The first-order valence-corrected chi connectivity index (χ1v) is 9.80. The molecule has 1 atom stereocenters. The van der Waals surface area contributed by atoms with Crippen LogP contribution in [0.4, 0.5) is 0 Å². The predicted molar refractivity (Wildman–Crippen MR) is 92.7 cm³/mol. The Bertz CT molecular complexity index is 816. The third kappa shape index (κ3) is 3.35. The van der Waals surface area contributed by atoms with Crippen LogP contribution in [0.15, 0.2) is 56.7 Å². The van der Waals surface area contributed by atoms with E-state index >= 15 is 0 Å². The van der Waals surface area contributed by atoms with Gasteiger partial charge >= 0.3 is 0 Å². The smallest absolute Gasteiger partial charge is 0.250 e. The van der Waals surface area contributed by atoms with Crippen LogP contribution in [0.3, 0.4) is 0 Å². The standard InChI is InChI=1S/C16H17BrN2O3S/c1-2-9-23(20,21)19-15(12-5-3-6-13(17)10-12)11-14(18-19)16-7-4-8-22-16/h3-8,10,15H,2,9,11H2,1H3/t15-/m1/s1. The molecule has 2 heterocycles. The summed E-state index contributed by atoms with van der Waals surface area (Å²) in [7, 11) is -3.46. The molecule has 0 radical (unpaired) electrons. The van der Waals surface area contributed by atoms with Crippen molar-refractivity contribution >= 4 is 31.7 Å². The van der Waals surface area contributed by atoms with E-state index in [-0.39, 0.29) is 11.8 Å². The molecule has 23 heavy (non-hydrogen) atoms. The van der Waals surface area contributed by atoms with Crippen molar-refractivity contribution in [3.63, 3.8) is 0 Å². The molecule has 0 N–H and O–H groups in total. The average molecular weight is 397 g/mol. The number of rotatable bonds is 5. The molecule has 0 saturated heterocycles. The van der Waals surface area contributed by atoms with Gasteiger partial charge in [0.05, 0.1) is 18.1 Å². The summed E-state index contributed by atoms with van der Waals surface area (Å²) in [5, 5.41) is 4.36. The Morgan fingerprint density at radius 3 is 2.83 bits per heavy atom. The first-order chi connectivity index (χ1) is 11.0. The molecule has 0 saturated carbocycles. The van der Waals surface area contributed by atoms with Crippen LogP contribution in [0, 0.1) is 0 Å². The Morgan fingerprint density at radius 1 is 1.35 bits per heavy atom. The average Bonchev–Trinajstić information content (AvgIpc) is 3.17. The van der Waals surface area contributed by atoms with Crippen molar-refractivity contribution < 1.29 is 12.8 Å². The second kappa shape index (κ2) is 6.49. The quantitative estimate of drug-likeness (QED) is 0.768. The summed E-state index contributed by atoms with van der Waals surface area (Å²) in [6.07, 6.45) is 2.61. The molecule has 1 aliphatic heterocycles. The van der Waals surface area contributed by atoms with Crippen molar-refractivity contribution in [2.45, 2.75) is 25.8 Å². The molecule has 0 bridgehead atoms. The minimum absolute atomic E-state index is 0.0758. The summed E-state index contributed by atoms with van der Waals surface area (Å²) in [5.74, 6) is 0.686. The predicted octanol–water partition coefficient (Wildman–Crippen LogP) is 3.93. The van der Waals surface area contributed by atoms with Gasteiger partial charge in [-0.3, -0.25) is 0 Å². The van der Waals surface area contributed by atoms with Gasteiger partial charge in [-0.05, 0) is 36.2 Å². The first kappa shape index (κ1) is 16.3. The number of hydrazone groups is 1. The lowest BCUT2D eigenvalue weighted by molar-refractivity contribution is 0.371. The third-order valence-electron chi connectivity index (χ3n) is 3.66. The van der Waals surface area contributed by atoms with E-state index in [1.54, 1.807) is 18.4 Å². The maximum atomic E-state index is 12.6. The van der Waals surface area contributed by atoms with E-state index in [0.717, 1.165) is 10.0 Å². The van der Waals surface area contributed by atoms with Crippen molar-refractivity contribution in [3.8, 4) is 0 Å². The van der Waals surface area contributed by atoms with Crippen LogP contribution >= 0.6 is 15.9 Å². The number of hydrogen-bond donors (Lipinski definition) is 0. The van der Waals surface area contributed by atoms with Gasteiger partial charge in [-0.15, -0.1) is 0 Å². The second-order valence-electron chi connectivity index (χ2n) is 5.39. The lowest BCUT2D eigenvalue weighted by atomic mass is 10.0. The molecular weight excluding hydrogens is 380 g/mol. The normalized spacial score (nSPS) is 18.3. The zero-order valence-electron chi connectivity index (χ0n) is 12.6. The van der Waals surface area contributed by atoms with E-state index in [1.165, 1.54) is 4.41 Å². The molecule has 1 aromatic carbocycles. The van der Waals surface area contributed by atoms with Crippen LogP contribution in [0.25, 0.3) is 0 Å². The Balaban J connectivity index is 2.01. The zero-order chi connectivity index (χ0) is 16.4. The van der Waals surface area contributed by atoms with Crippen LogP contribution in [-0.2, 0) is 10.0 Å². The van der Waals surface area contributed by atoms with Crippen molar-refractivity contribution in [2.75, 3.05) is 5.75 Å². The molecule has 3 rings (SSSR count). The van der Waals surface area contributed by atoms with Crippen molar-refractivity contribution in [1.82, 2.24) is 4.41 Å². The van der Waals surface area contributed by atoms with Gasteiger partial charge in [-0.1, -0.05) is 35.0 Å². The Labute approximate surface area is 144 Å². The highest BCUT2D eigenvalue weighted by Gasteiger charge is 2.37. The lowest BCUT2D eigenvalue weighted by Gasteiger charge is -2.23. The molecule has 0 amide bonds. The SMILES string of the molecule is CCCS(=O)(=O)N1N=C(c2ccco2)C[C@@H]1c1cccc(Br)c1. The Morgan fingerprint density at radius 2 is 2.17 bits per heavy atom. The van der Waals surface area contributed by atoms with Crippen LogP contribution in [0.5, 0.6) is 0 Å². The molecule has 1 aromatic heterocycles. The Hall–Kier alpha value is -1.60. The number of halogens is 1. The van der Waals surface area contributed by atoms with E-state index in [2.05, 4.69) is 21.0 Å². The topological polar surface area (TPSA) is 62.9 Å². The maximum absolute atomic E-state index is 12.6. The van der Waals surface area contributed by atoms with Crippen molar-refractivity contribution in [1.29, 1.82) is 0 Å². The summed E-state index contributed by atoms with van der Waals surface area (Å²) in [4.78, 5) is 0. The summed E-state index contributed by atoms with van der Waals surface area (Å²) < 4.78 is 32.7. The van der Waals surface area contributed by atoms with Crippen LogP contribution in [-0.4, -0.2) is 24.3 Å². The lowest BCUT2D eigenvalue weighted by Crippen LogP contribution is -2.29. The molecule has 0 spiro atoms. The highest BCUT2D eigenvalue weighted by atomic mass is 79.9. The maximum Gasteiger partial charge on any atom is 0.250 e. The highest BCUT2D eigenvalue weighted by molar-refractivity contribution is 9.10. The summed E-state index contributed by atoms with van der Waals surface area (Å²) in [5.41, 5.74) is 1.56. The van der Waals surface area contributed by atoms with Gasteiger partial charge in [0.1, 0.15) is 11.5 Å². The van der Waals surface area contributed by atoms with Gasteiger partial charge in [-0.25, -0.2) is 8.42 Å². The number of sulfonamides is 1. The van der Waals surface area contributed by atoms with E-state index < -0.39 is 10.0 Å². The molecule has 0 aliphatic carbocycles. The molecule has 0 fully saturated rings. The van der Waals surface area contributed by atoms with Gasteiger partial charge in [0.25, 0.3) is 0 Å². The number of benzene rings is 1. The molecule has 0 unspecified atom stereocenters. The van der Waals surface area contributed by atoms with Crippen molar-refractivity contribution in [2.24, 2.45) is 5.10 Å². The molecule has 2 aromatic rings. The van der Waals surface area contributed by atoms with Crippen molar-refractivity contribution in [3.05, 3.63) is 58.5 Å². The van der Waals surface area contributed by atoms with E-state index in [4.69, 9.17) is 4.42 Å². The van der Waals surface area contributed by atoms with E-state index in [9.17, 15) is 8.42 Å². The summed E-state index contributed by atoms with van der Waals surface area (Å²) in [6.45, 7) is 1.85. The van der Waals surface area contributed by atoms with Crippen LogP contribution < -0.4 is 0 Å². The fourth-order valence-electron chi connectivity index (χ4n) is 2.65. The largest absolute Gasteiger partial charge is 0.463 e. The van der Waals surface area contributed by atoms with Crippen LogP contribution in [0.2, 0.25) is 0 Å². The summed E-state index contributed by atoms with van der Waals surface area (Å²) in [6, 6.07) is 10.9. The van der Waals surface area contributed by atoms with Gasteiger partial charge < -0.3 is 4.42 Å².